The number of nitrogens with one attached hydrogen (secondary N) is 1. The van der Waals surface area contributed by atoms with Crippen LogP contribution in [0.15, 0.2) is 11.1 Å². The first-order valence-electron chi connectivity index (χ1n) is 20.8. The van der Waals surface area contributed by atoms with Crippen LogP contribution in [0.5, 0.6) is 0 Å². The predicted octanol–water partition coefficient (Wildman–Crippen LogP) is 7.59. The van der Waals surface area contributed by atoms with E-state index in [1.807, 2.05) is 6.92 Å². The molecule has 0 heterocycles. The fourth-order valence-corrected chi connectivity index (χ4v) is 13.2. The molecule has 0 radical (unpaired) electrons. The number of aliphatic hydroxyl groups excluding tert-OH is 1. The molecule has 0 saturated heterocycles. The topological polar surface area (TPSA) is 133 Å². The molecular formula is C44H72N2O7. The number of aliphatic hydroxyl groups is 1. The number of hydrogen-bond acceptors (Lipinski definition) is 7. The Hall–Kier alpha value is -2.26. The van der Waals surface area contributed by atoms with Gasteiger partial charge >= 0.3 is 11.9 Å². The summed E-state index contributed by atoms with van der Waals surface area (Å²) in [7, 11) is 0. The third kappa shape index (κ3) is 6.73. The Bertz CT molecular complexity index is 1500. The zero-order valence-electron chi connectivity index (χ0n) is 35.1. The smallest absolute Gasteiger partial charge is 0.309 e. The van der Waals surface area contributed by atoms with Crippen molar-refractivity contribution in [2.45, 2.75) is 166 Å². The number of carbonyl (C=O) groups excluding carboxylic acids is 3. The molecule has 300 valence electrons. The third-order valence-electron chi connectivity index (χ3n) is 16.4. The van der Waals surface area contributed by atoms with Crippen molar-refractivity contribution in [2.24, 2.45) is 56.2 Å². The van der Waals surface area contributed by atoms with Crippen molar-refractivity contribution in [2.75, 3.05) is 19.6 Å². The van der Waals surface area contributed by atoms with Gasteiger partial charge in [-0.2, -0.15) is 0 Å². The molecule has 0 aromatic carbocycles. The van der Waals surface area contributed by atoms with Crippen LogP contribution in [0, 0.1) is 56.2 Å². The van der Waals surface area contributed by atoms with E-state index in [2.05, 4.69) is 72.5 Å². The van der Waals surface area contributed by atoms with E-state index in [9.17, 15) is 29.4 Å². The van der Waals surface area contributed by atoms with E-state index < -0.39 is 28.9 Å². The molecular weight excluding hydrogens is 668 g/mol. The SMILES string of the molecule is CCNC(=O)CN(CC(O)C12CCC3(C)C(CCC4C5(C)CCC(OC(=O)CC(C)(C)C(=O)O)C(C)(C)C5CCC43C)C1=C(C(C)C)C(=O)C2)C(C)C. The summed E-state index contributed by atoms with van der Waals surface area (Å²) in [5.74, 6) is -0.188. The van der Waals surface area contributed by atoms with Crippen molar-refractivity contribution in [3.63, 3.8) is 0 Å². The minimum atomic E-state index is -1.17. The molecule has 9 atom stereocenters. The second kappa shape index (κ2) is 14.4. The predicted molar refractivity (Wildman–Crippen MR) is 207 cm³/mol. The summed E-state index contributed by atoms with van der Waals surface area (Å²) in [5, 5.41) is 24.9. The van der Waals surface area contributed by atoms with Crippen molar-refractivity contribution in [1.82, 2.24) is 10.2 Å². The maximum Gasteiger partial charge on any atom is 0.309 e. The van der Waals surface area contributed by atoms with Gasteiger partial charge in [-0.15, -0.1) is 0 Å². The first-order valence-corrected chi connectivity index (χ1v) is 20.8. The molecule has 0 aromatic rings. The maximum absolute atomic E-state index is 14.1. The van der Waals surface area contributed by atoms with Gasteiger partial charge in [-0.05, 0) is 131 Å². The Morgan fingerprint density at radius 2 is 1.58 bits per heavy atom. The fraction of sp³-hybridized carbons (Fsp3) is 0.864. The monoisotopic (exact) mass is 741 g/mol. The number of fused-ring (bicyclic) bond motifs is 7. The zero-order valence-corrected chi connectivity index (χ0v) is 35.1. The highest BCUT2D eigenvalue weighted by Crippen LogP contribution is 2.77. The molecule has 0 bridgehead atoms. The lowest BCUT2D eigenvalue weighted by molar-refractivity contribution is -0.235. The number of Topliss-reactive ketones (excluding diaryl/α,β-unsaturated/α-hetero) is 1. The van der Waals surface area contributed by atoms with Crippen LogP contribution in [0.3, 0.4) is 0 Å². The van der Waals surface area contributed by atoms with Gasteiger partial charge in [-0.3, -0.25) is 24.1 Å². The average Bonchev–Trinajstić information content (AvgIpc) is 3.35. The highest BCUT2D eigenvalue weighted by atomic mass is 16.5. The number of ether oxygens (including phenoxy) is 1. The van der Waals surface area contributed by atoms with Crippen molar-refractivity contribution in [3.8, 4) is 0 Å². The van der Waals surface area contributed by atoms with Crippen LogP contribution in [0.25, 0.3) is 0 Å². The van der Waals surface area contributed by atoms with Gasteiger partial charge in [0.25, 0.3) is 0 Å². The number of amides is 1. The van der Waals surface area contributed by atoms with E-state index in [1.165, 1.54) is 5.57 Å². The number of aliphatic carboxylic acids is 1. The number of nitrogens with zero attached hydrogens (tertiary/aromatic N) is 1. The number of carboxylic acids is 1. The minimum absolute atomic E-state index is 0.0202. The quantitative estimate of drug-likeness (QED) is 0.175. The number of likely N-dealkylation sites (N-methyl/N-ethyl adjacent to an activating group) is 1. The van der Waals surface area contributed by atoms with Crippen LogP contribution in [-0.2, 0) is 23.9 Å². The van der Waals surface area contributed by atoms with Crippen LogP contribution in [0.2, 0.25) is 0 Å². The van der Waals surface area contributed by atoms with Crippen LogP contribution < -0.4 is 5.32 Å². The second-order valence-corrected chi connectivity index (χ2v) is 20.5. The van der Waals surface area contributed by atoms with Crippen molar-refractivity contribution < 1.29 is 34.1 Å². The molecule has 9 nitrogen and oxygen atoms in total. The summed E-state index contributed by atoms with van der Waals surface area (Å²) < 4.78 is 6.16. The normalized spacial score (nSPS) is 37.2. The van der Waals surface area contributed by atoms with Crippen molar-refractivity contribution in [1.29, 1.82) is 0 Å². The molecule has 53 heavy (non-hydrogen) atoms. The van der Waals surface area contributed by atoms with Crippen molar-refractivity contribution >= 4 is 23.6 Å². The lowest BCUT2D eigenvalue weighted by Crippen LogP contribution is -2.66. The second-order valence-electron chi connectivity index (χ2n) is 20.5. The Balaban J connectivity index is 1.45. The number of ketones is 1. The Labute approximate surface area is 319 Å². The van der Waals surface area contributed by atoms with Gasteiger partial charge in [0.05, 0.1) is 24.5 Å². The molecule has 3 N–H and O–H groups in total. The first kappa shape index (κ1) is 41.9. The highest BCUT2D eigenvalue weighted by molar-refractivity contribution is 6.00. The third-order valence-corrected chi connectivity index (χ3v) is 16.4. The van der Waals surface area contributed by atoms with Crippen LogP contribution in [0.1, 0.15) is 147 Å². The Kier molecular flexibility index (Phi) is 11.3. The number of hydrogen-bond donors (Lipinski definition) is 3. The average molecular weight is 741 g/mol. The minimum Gasteiger partial charge on any atom is -0.481 e. The summed E-state index contributed by atoms with van der Waals surface area (Å²) in [6.45, 7) is 26.7. The summed E-state index contributed by atoms with van der Waals surface area (Å²) in [4.78, 5) is 53.8. The molecule has 4 saturated carbocycles. The molecule has 5 aliphatic carbocycles. The number of carbonyl (C=O) groups is 4. The molecule has 5 aliphatic rings. The fourth-order valence-electron chi connectivity index (χ4n) is 13.2. The Morgan fingerprint density at radius 3 is 2.17 bits per heavy atom. The molecule has 5 rings (SSSR count). The lowest BCUT2D eigenvalue weighted by atomic mass is 9.33. The summed E-state index contributed by atoms with van der Waals surface area (Å²) >= 11 is 0. The lowest BCUT2D eigenvalue weighted by Gasteiger charge is -2.72. The van der Waals surface area contributed by atoms with Gasteiger partial charge in [0, 0.05) is 36.4 Å². The van der Waals surface area contributed by atoms with Crippen molar-refractivity contribution in [3.05, 3.63) is 11.1 Å². The molecule has 4 fully saturated rings. The molecule has 0 aromatic heterocycles. The summed E-state index contributed by atoms with van der Waals surface area (Å²) in [5.41, 5.74) is 0.158. The maximum atomic E-state index is 14.1. The first-order chi connectivity index (χ1) is 24.4. The molecule has 9 heteroatoms. The van der Waals surface area contributed by atoms with Gasteiger partial charge in [-0.25, -0.2) is 0 Å². The zero-order chi connectivity index (χ0) is 39.7. The van der Waals surface area contributed by atoms with Crippen LogP contribution in [-0.4, -0.2) is 76.6 Å². The largest absolute Gasteiger partial charge is 0.481 e. The highest BCUT2D eigenvalue weighted by Gasteiger charge is 2.71. The van der Waals surface area contributed by atoms with E-state index in [-0.39, 0.29) is 70.3 Å². The molecule has 9 unspecified atom stereocenters. The van der Waals surface area contributed by atoms with E-state index in [0.29, 0.717) is 31.3 Å². The number of carboxylic acid groups (broad SMARTS) is 1. The van der Waals surface area contributed by atoms with E-state index in [4.69, 9.17) is 4.74 Å². The van der Waals surface area contributed by atoms with Gasteiger partial charge in [-0.1, -0.05) is 54.0 Å². The molecule has 0 spiro atoms. The van der Waals surface area contributed by atoms with E-state index in [1.54, 1.807) is 13.8 Å². The number of rotatable bonds is 12. The van der Waals surface area contributed by atoms with Crippen LogP contribution >= 0.6 is 0 Å². The van der Waals surface area contributed by atoms with Crippen LogP contribution in [0.4, 0.5) is 0 Å². The van der Waals surface area contributed by atoms with Gasteiger partial charge in [0.15, 0.2) is 5.78 Å². The number of esters is 1. The molecule has 0 aliphatic heterocycles. The van der Waals surface area contributed by atoms with Gasteiger partial charge in [0.2, 0.25) is 5.91 Å². The summed E-state index contributed by atoms with van der Waals surface area (Å²) in [6.07, 6.45) is 6.77. The standard InChI is InChI=1S/C44H72N2O7/c1-13-45-34(49)25-46(27(4)5)24-32(48)44-21-20-42(11)28(37(44)36(26(2)3)29(47)22-44)14-15-31-41(10)18-17-33(53-35(50)23-39(6,7)38(51)52)40(8,9)30(41)16-19-43(31,42)12/h26-28,30-33,48H,13-25H2,1-12H3,(H,45,49)(H,51,52). The number of allylic oxidation sites excluding steroid dienone is 1. The van der Waals surface area contributed by atoms with E-state index >= 15 is 0 Å². The Morgan fingerprint density at radius 1 is 0.925 bits per heavy atom. The van der Waals surface area contributed by atoms with E-state index in [0.717, 1.165) is 56.9 Å². The van der Waals surface area contributed by atoms with Gasteiger partial charge < -0.3 is 20.3 Å². The van der Waals surface area contributed by atoms with Gasteiger partial charge in [0.1, 0.15) is 6.10 Å². The molecule has 1 amide bonds. The summed E-state index contributed by atoms with van der Waals surface area (Å²) in [6, 6.07) is 0.0661.